The molecule has 0 unspecified atom stereocenters. The highest BCUT2D eigenvalue weighted by atomic mass is 16.6. The standard InChI is InChI=1S/C17H30N2O4/c1-5-22-15(20)13-6-9-18(10-7-13)14-8-11-19(12-14)16(21)23-17(2,3)4/h13-14H,5-12H2,1-4H3/t14-/m1/s1. The second-order valence-electron chi connectivity index (χ2n) is 7.43. The number of amides is 1. The number of hydrogen-bond donors (Lipinski definition) is 0. The third-order valence-corrected chi connectivity index (χ3v) is 4.48. The average Bonchev–Trinajstić information content (AvgIpc) is 2.96. The van der Waals surface area contributed by atoms with Crippen LogP contribution in [-0.4, -0.2) is 66.3 Å². The van der Waals surface area contributed by atoms with Gasteiger partial charge >= 0.3 is 12.1 Å². The molecule has 23 heavy (non-hydrogen) atoms. The van der Waals surface area contributed by atoms with Crippen molar-refractivity contribution in [3.63, 3.8) is 0 Å². The number of likely N-dealkylation sites (tertiary alicyclic amines) is 2. The molecule has 0 bridgehead atoms. The molecule has 6 nitrogen and oxygen atoms in total. The van der Waals surface area contributed by atoms with Gasteiger partial charge in [0.15, 0.2) is 0 Å². The van der Waals surface area contributed by atoms with Crippen LogP contribution in [0.3, 0.4) is 0 Å². The summed E-state index contributed by atoms with van der Waals surface area (Å²) in [5.41, 5.74) is -0.451. The van der Waals surface area contributed by atoms with Gasteiger partial charge in [0.1, 0.15) is 5.60 Å². The van der Waals surface area contributed by atoms with Gasteiger partial charge in [-0.3, -0.25) is 9.69 Å². The molecular weight excluding hydrogens is 296 g/mol. The van der Waals surface area contributed by atoms with Crippen molar-refractivity contribution in [1.29, 1.82) is 0 Å². The highest BCUT2D eigenvalue weighted by Crippen LogP contribution is 2.25. The van der Waals surface area contributed by atoms with E-state index in [-0.39, 0.29) is 18.0 Å². The predicted octanol–water partition coefficient (Wildman–Crippen LogP) is 2.27. The lowest BCUT2D eigenvalue weighted by atomic mass is 9.95. The zero-order valence-electron chi connectivity index (χ0n) is 14.8. The summed E-state index contributed by atoms with van der Waals surface area (Å²) in [6.45, 7) is 11.2. The first-order valence-electron chi connectivity index (χ1n) is 8.68. The van der Waals surface area contributed by atoms with E-state index in [0.29, 0.717) is 12.6 Å². The van der Waals surface area contributed by atoms with Crippen molar-refractivity contribution in [2.24, 2.45) is 5.92 Å². The molecule has 0 aliphatic carbocycles. The van der Waals surface area contributed by atoms with E-state index >= 15 is 0 Å². The number of nitrogens with zero attached hydrogens (tertiary/aromatic N) is 2. The second kappa shape index (κ2) is 7.51. The number of carbonyl (C=O) groups excluding carboxylic acids is 2. The Morgan fingerprint density at radius 2 is 1.74 bits per heavy atom. The fraction of sp³-hybridized carbons (Fsp3) is 0.882. The Morgan fingerprint density at radius 1 is 1.09 bits per heavy atom. The van der Waals surface area contributed by atoms with Crippen LogP contribution in [0.5, 0.6) is 0 Å². The highest BCUT2D eigenvalue weighted by Gasteiger charge is 2.35. The molecule has 0 radical (unpaired) electrons. The van der Waals surface area contributed by atoms with Crippen molar-refractivity contribution < 1.29 is 19.1 Å². The molecule has 6 heteroatoms. The lowest BCUT2D eigenvalue weighted by Gasteiger charge is -2.35. The van der Waals surface area contributed by atoms with Gasteiger partial charge in [-0.25, -0.2) is 4.79 Å². The number of rotatable bonds is 3. The van der Waals surface area contributed by atoms with Crippen molar-refractivity contribution in [3.8, 4) is 0 Å². The number of carbonyl (C=O) groups is 2. The molecule has 2 rings (SSSR count). The summed E-state index contributed by atoms with van der Waals surface area (Å²) in [4.78, 5) is 28.1. The van der Waals surface area contributed by atoms with E-state index in [1.54, 1.807) is 4.90 Å². The number of esters is 1. The van der Waals surface area contributed by atoms with Gasteiger partial charge in [0.05, 0.1) is 12.5 Å². The van der Waals surface area contributed by atoms with Crippen molar-refractivity contribution in [2.75, 3.05) is 32.8 Å². The Kier molecular flexibility index (Phi) is 5.89. The van der Waals surface area contributed by atoms with Crippen LogP contribution in [0.2, 0.25) is 0 Å². The van der Waals surface area contributed by atoms with Gasteiger partial charge in [-0.15, -0.1) is 0 Å². The quantitative estimate of drug-likeness (QED) is 0.745. The predicted molar refractivity (Wildman–Crippen MR) is 87.1 cm³/mol. The lowest BCUT2D eigenvalue weighted by Crippen LogP contribution is -2.45. The molecule has 2 fully saturated rings. The van der Waals surface area contributed by atoms with E-state index in [2.05, 4.69) is 4.90 Å². The minimum absolute atomic E-state index is 0.0366. The van der Waals surface area contributed by atoms with E-state index in [4.69, 9.17) is 9.47 Å². The number of ether oxygens (including phenoxy) is 2. The van der Waals surface area contributed by atoms with Gasteiger partial charge in [-0.05, 0) is 60.0 Å². The molecule has 132 valence electrons. The summed E-state index contributed by atoms with van der Waals surface area (Å²) in [6, 6.07) is 0.380. The molecule has 0 spiro atoms. The Balaban J connectivity index is 1.78. The fourth-order valence-electron chi connectivity index (χ4n) is 3.29. The molecule has 2 heterocycles. The van der Waals surface area contributed by atoms with Gasteiger partial charge in [-0.1, -0.05) is 0 Å². The molecular formula is C17H30N2O4. The first-order chi connectivity index (χ1) is 10.8. The van der Waals surface area contributed by atoms with Crippen molar-refractivity contribution in [3.05, 3.63) is 0 Å². The van der Waals surface area contributed by atoms with Gasteiger partial charge in [0, 0.05) is 19.1 Å². The van der Waals surface area contributed by atoms with Crippen LogP contribution < -0.4 is 0 Å². The van der Waals surface area contributed by atoms with Crippen molar-refractivity contribution >= 4 is 12.1 Å². The number of piperidine rings is 1. The van der Waals surface area contributed by atoms with Crippen LogP contribution in [-0.2, 0) is 14.3 Å². The molecule has 0 saturated carbocycles. The number of hydrogen-bond acceptors (Lipinski definition) is 5. The van der Waals surface area contributed by atoms with Crippen molar-refractivity contribution in [2.45, 2.75) is 58.6 Å². The molecule has 2 saturated heterocycles. The fourth-order valence-corrected chi connectivity index (χ4v) is 3.29. The SMILES string of the molecule is CCOC(=O)C1CCN([C@@H]2CCN(C(=O)OC(C)(C)C)C2)CC1. The van der Waals surface area contributed by atoms with Crippen LogP contribution in [0.1, 0.15) is 47.0 Å². The zero-order chi connectivity index (χ0) is 17.0. The Morgan fingerprint density at radius 3 is 2.30 bits per heavy atom. The zero-order valence-corrected chi connectivity index (χ0v) is 14.8. The van der Waals surface area contributed by atoms with Crippen LogP contribution >= 0.6 is 0 Å². The monoisotopic (exact) mass is 326 g/mol. The Labute approximate surface area is 139 Å². The molecule has 0 aromatic carbocycles. The van der Waals surface area contributed by atoms with E-state index in [1.807, 2.05) is 27.7 Å². The first kappa shape index (κ1) is 18.0. The maximum absolute atomic E-state index is 12.1. The topological polar surface area (TPSA) is 59.1 Å². The van der Waals surface area contributed by atoms with Gasteiger partial charge in [0.2, 0.25) is 0 Å². The van der Waals surface area contributed by atoms with Crippen LogP contribution in [0.15, 0.2) is 0 Å². The minimum atomic E-state index is -0.451. The summed E-state index contributed by atoms with van der Waals surface area (Å²) in [5.74, 6) is -0.0245. The van der Waals surface area contributed by atoms with Crippen molar-refractivity contribution in [1.82, 2.24) is 9.80 Å². The largest absolute Gasteiger partial charge is 0.466 e. The van der Waals surface area contributed by atoms with Crippen LogP contribution in [0, 0.1) is 5.92 Å². The smallest absolute Gasteiger partial charge is 0.410 e. The van der Waals surface area contributed by atoms with Gasteiger partial charge < -0.3 is 14.4 Å². The Hall–Kier alpha value is -1.30. The van der Waals surface area contributed by atoms with Crippen LogP contribution in [0.25, 0.3) is 0 Å². The third kappa shape index (κ3) is 5.09. The summed E-state index contributed by atoms with van der Waals surface area (Å²) in [5, 5.41) is 0. The maximum atomic E-state index is 12.1. The summed E-state index contributed by atoms with van der Waals surface area (Å²) >= 11 is 0. The average molecular weight is 326 g/mol. The summed E-state index contributed by atoms with van der Waals surface area (Å²) in [7, 11) is 0. The minimum Gasteiger partial charge on any atom is -0.466 e. The normalized spacial score (nSPS) is 23.8. The molecule has 2 aliphatic heterocycles. The van der Waals surface area contributed by atoms with E-state index in [9.17, 15) is 9.59 Å². The van der Waals surface area contributed by atoms with Crippen LogP contribution in [0.4, 0.5) is 4.79 Å². The molecule has 0 aromatic rings. The lowest BCUT2D eigenvalue weighted by molar-refractivity contribution is -0.149. The van der Waals surface area contributed by atoms with Gasteiger partial charge in [-0.2, -0.15) is 0 Å². The third-order valence-electron chi connectivity index (χ3n) is 4.48. The first-order valence-corrected chi connectivity index (χ1v) is 8.68. The molecule has 1 atom stereocenters. The summed E-state index contributed by atoms with van der Waals surface area (Å²) in [6.07, 6.45) is 2.45. The summed E-state index contributed by atoms with van der Waals surface area (Å²) < 4.78 is 10.6. The van der Waals surface area contributed by atoms with E-state index < -0.39 is 5.60 Å². The second-order valence-corrected chi connectivity index (χ2v) is 7.43. The van der Waals surface area contributed by atoms with E-state index in [1.165, 1.54) is 0 Å². The molecule has 0 aromatic heterocycles. The highest BCUT2D eigenvalue weighted by molar-refractivity contribution is 5.72. The van der Waals surface area contributed by atoms with Gasteiger partial charge in [0.25, 0.3) is 0 Å². The molecule has 0 N–H and O–H groups in total. The maximum Gasteiger partial charge on any atom is 0.410 e. The Bertz CT molecular complexity index is 425. The van der Waals surface area contributed by atoms with E-state index in [0.717, 1.165) is 45.4 Å². The molecule has 1 amide bonds. The molecule has 2 aliphatic rings.